The van der Waals surface area contributed by atoms with Crippen molar-refractivity contribution in [2.45, 2.75) is 89.5 Å². The summed E-state index contributed by atoms with van der Waals surface area (Å²) in [4.78, 5) is 2.94. The molecule has 2 heterocycles. The molecule has 1 aliphatic carbocycles. The largest absolute Gasteiger partial charge is 0.392 e. The van der Waals surface area contributed by atoms with Gasteiger partial charge in [-0.1, -0.05) is 107 Å². The highest BCUT2D eigenvalue weighted by atomic mass is 32.2. The van der Waals surface area contributed by atoms with E-state index in [4.69, 9.17) is 9.47 Å². The topological polar surface area (TPSA) is 88.1 Å². The van der Waals surface area contributed by atoms with E-state index in [2.05, 4.69) is 67.6 Å². The van der Waals surface area contributed by atoms with Crippen molar-refractivity contribution >= 4 is 10.0 Å². The molecule has 7 nitrogen and oxygen atoms in total. The summed E-state index contributed by atoms with van der Waals surface area (Å²) in [5, 5.41) is 9.68. The highest BCUT2D eigenvalue weighted by Crippen LogP contribution is 2.53. The van der Waals surface area contributed by atoms with Crippen molar-refractivity contribution in [3.05, 3.63) is 125 Å². The van der Waals surface area contributed by atoms with E-state index in [1.165, 1.54) is 19.3 Å². The van der Waals surface area contributed by atoms with Gasteiger partial charge in [0, 0.05) is 37.2 Å². The van der Waals surface area contributed by atoms with Crippen LogP contribution in [-0.2, 0) is 32.6 Å². The van der Waals surface area contributed by atoms with Crippen molar-refractivity contribution in [3.63, 3.8) is 0 Å². The van der Waals surface area contributed by atoms with Crippen molar-refractivity contribution in [1.29, 1.82) is 0 Å². The molecule has 3 aliphatic rings. The summed E-state index contributed by atoms with van der Waals surface area (Å²) in [5.41, 5.74) is 6.45. The average molecular weight is 695 g/mol. The SMILES string of the molecule is C[C@@H]1[C@H](CN2CC3(C)CC2CC(C)(C)C3)O[C@H](c2cccc(-c3cccc(CNS(=O)(=O)c4ccccc4)c3)c2)O[C@@H]1c1ccc(CO)cc1. The van der Waals surface area contributed by atoms with Crippen LogP contribution in [0.3, 0.4) is 0 Å². The fourth-order valence-electron chi connectivity index (χ4n) is 8.94. The zero-order chi connectivity index (χ0) is 35.1. The zero-order valence-electron chi connectivity index (χ0n) is 29.6. The lowest BCUT2D eigenvalue weighted by atomic mass is 9.65. The molecule has 6 atom stereocenters. The van der Waals surface area contributed by atoms with Gasteiger partial charge in [-0.3, -0.25) is 4.90 Å². The van der Waals surface area contributed by atoms with Gasteiger partial charge >= 0.3 is 0 Å². The van der Waals surface area contributed by atoms with Crippen LogP contribution in [0.15, 0.2) is 108 Å². The summed E-state index contributed by atoms with van der Waals surface area (Å²) in [7, 11) is -3.62. The number of benzene rings is 4. The molecule has 2 unspecified atom stereocenters. The molecule has 8 heteroatoms. The molecule has 0 aromatic heterocycles. The Kier molecular flexibility index (Phi) is 9.80. The third-order valence-corrected chi connectivity index (χ3v) is 12.4. The predicted molar refractivity (Wildman–Crippen MR) is 196 cm³/mol. The van der Waals surface area contributed by atoms with Crippen LogP contribution in [0.4, 0.5) is 0 Å². The van der Waals surface area contributed by atoms with Crippen LogP contribution in [0.2, 0.25) is 0 Å². The smallest absolute Gasteiger partial charge is 0.240 e. The number of aliphatic hydroxyl groups excluding tert-OH is 1. The van der Waals surface area contributed by atoms with Crippen LogP contribution < -0.4 is 4.72 Å². The van der Waals surface area contributed by atoms with Crippen LogP contribution in [-0.4, -0.2) is 43.7 Å². The molecular weight excluding hydrogens is 645 g/mol. The first-order valence-electron chi connectivity index (χ1n) is 17.9. The monoisotopic (exact) mass is 694 g/mol. The van der Waals surface area contributed by atoms with Crippen molar-refractivity contribution in [1.82, 2.24) is 9.62 Å². The minimum Gasteiger partial charge on any atom is -0.392 e. The minimum absolute atomic E-state index is 0.00801. The Morgan fingerprint density at radius 2 is 1.54 bits per heavy atom. The fraction of sp³-hybridized carbons (Fsp3) is 0.429. The number of hydrogen-bond donors (Lipinski definition) is 2. The highest BCUT2D eigenvalue weighted by Gasteiger charge is 2.51. The maximum atomic E-state index is 12.8. The normalized spacial score (nSPS) is 28.1. The maximum Gasteiger partial charge on any atom is 0.240 e. The van der Waals surface area contributed by atoms with Gasteiger partial charge in [0.2, 0.25) is 10.0 Å². The molecular formula is C42H50N2O5S. The van der Waals surface area contributed by atoms with Crippen molar-refractivity contribution in [2.75, 3.05) is 13.1 Å². The number of sulfonamides is 1. The molecule has 2 bridgehead atoms. The van der Waals surface area contributed by atoms with E-state index in [9.17, 15) is 13.5 Å². The third kappa shape index (κ3) is 7.61. The number of likely N-dealkylation sites (tertiary alicyclic amines) is 1. The first-order chi connectivity index (χ1) is 23.9. The molecule has 2 aliphatic heterocycles. The van der Waals surface area contributed by atoms with Crippen LogP contribution >= 0.6 is 0 Å². The minimum atomic E-state index is -3.62. The van der Waals surface area contributed by atoms with E-state index >= 15 is 0 Å². The van der Waals surface area contributed by atoms with Gasteiger partial charge in [0.1, 0.15) is 0 Å². The predicted octanol–water partition coefficient (Wildman–Crippen LogP) is 8.02. The van der Waals surface area contributed by atoms with Gasteiger partial charge in [-0.2, -0.15) is 0 Å². The summed E-state index contributed by atoms with van der Waals surface area (Å²) in [6.07, 6.45) is 2.95. The lowest BCUT2D eigenvalue weighted by molar-refractivity contribution is -0.276. The molecule has 7 rings (SSSR count). The van der Waals surface area contributed by atoms with E-state index < -0.39 is 16.3 Å². The van der Waals surface area contributed by atoms with Crippen molar-refractivity contribution in [2.24, 2.45) is 16.7 Å². The second kappa shape index (κ2) is 14.0. The number of aliphatic hydroxyl groups is 1. The van der Waals surface area contributed by atoms with Gasteiger partial charge in [0.15, 0.2) is 6.29 Å². The fourth-order valence-corrected chi connectivity index (χ4v) is 9.98. The molecule has 4 aromatic carbocycles. The van der Waals surface area contributed by atoms with E-state index in [1.807, 2.05) is 42.5 Å². The standard InChI is InChI=1S/C42H50N2O5S/c1-29-38(25-44-28-42(4)23-36(44)22-41(2,3)27-42)48-40(49-39(29)32-18-16-30(26-45)17-19-32)35-13-9-12-34(21-35)33-11-8-10-31(20-33)24-43-50(46,47)37-14-6-5-7-15-37/h5-21,29,36,38-40,43,45H,22-28H2,1-4H3/t29-,36?,38+,39+,40+,42?/m1/s1. The van der Waals surface area contributed by atoms with Crippen LogP contribution in [0.1, 0.15) is 81.6 Å². The van der Waals surface area contributed by atoms with Crippen LogP contribution in [0.25, 0.3) is 11.1 Å². The van der Waals surface area contributed by atoms with Crippen molar-refractivity contribution < 1.29 is 23.0 Å². The van der Waals surface area contributed by atoms with Gasteiger partial charge in [0.05, 0.1) is 23.7 Å². The Morgan fingerprint density at radius 1 is 0.820 bits per heavy atom. The number of nitrogens with one attached hydrogen (secondary N) is 1. The van der Waals surface area contributed by atoms with Gasteiger partial charge in [-0.05, 0) is 82.2 Å². The van der Waals surface area contributed by atoms with E-state index in [0.29, 0.717) is 16.9 Å². The van der Waals surface area contributed by atoms with Gasteiger partial charge in [-0.15, -0.1) is 0 Å². The molecule has 0 radical (unpaired) electrons. The molecule has 2 N–H and O–H groups in total. The Hall–Kier alpha value is -3.37. The van der Waals surface area contributed by atoms with Gasteiger partial charge in [-0.25, -0.2) is 13.1 Å². The lowest BCUT2D eigenvalue weighted by Crippen LogP contribution is -2.46. The number of rotatable bonds is 10. The summed E-state index contributed by atoms with van der Waals surface area (Å²) in [6.45, 7) is 11.7. The van der Waals surface area contributed by atoms with Gasteiger partial charge in [0.25, 0.3) is 0 Å². The quantitative estimate of drug-likeness (QED) is 0.175. The number of hydrogen-bond acceptors (Lipinski definition) is 6. The molecule has 0 amide bonds. The zero-order valence-corrected chi connectivity index (χ0v) is 30.4. The van der Waals surface area contributed by atoms with Crippen LogP contribution in [0.5, 0.6) is 0 Å². The van der Waals surface area contributed by atoms with E-state index in [-0.39, 0.29) is 36.2 Å². The second-order valence-electron chi connectivity index (χ2n) is 15.9. The summed E-state index contributed by atoms with van der Waals surface area (Å²) in [6, 6.07) is 33.4. The first-order valence-corrected chi connectivity index (χ1v) is 19.4. The Morgan fingerprint density at radius 3 is 2.28 bits per heavy atom. The molecule has 1 saturated carbocycles. The Bertz CT molecular complexity index is 1900. The van der Waals surface area contributed by atoms with Gasteiger partial charge < -0.3 is 14.6 Å². The first kappa shape index (κ1) is 35.1. The van der Waals surface area contributed by atoms with Crippen molar-refractivity contribution in [3.8, 4) is 11.1 Å². The number of nitrogens with zero attached hydrogens (tertiary/aromatic N) is 1. The molecule has 4 aromatic rings. The third-order valence-electron chi connectivity index (χ3n) is 11.0. The summed E-state index contributed by atoms with van der Waals surface area (Å²) < 4.78 is 42.2. The molecule has 50 heavy (non-hydrogen) atoms. The summed E-state index contributed by atoms with van der Waals surface area (Å²) >= 11 is 0. The Labute approximate surface area is 297 Å². The molecule has 264 valence electrons. The molecule has 2 saturated heterocycles. The van der Waals surface area contributed by atoms with Crippen LogP contribution in [0, 0.1) is 16.7 Å². The second-order valence-corrected chi connectivity index (χ2v) is 17.7. The highest BCUT2D eigenvalue weighted by molar-refractivity contribution is 7.89. The average Bonchev–Trinajstić information content (AvgIpc) is 3.35. The number of fused-ring (bicyclic) bond motifs is 2. The molecule has 0 spiro atoms. The van der Waals surface area contributed by atoms with E-state index in [0.717, 1.165) is 46.5 Å². The summed E-state index contributed by atoms with van der Waals surface area (Å²) in [5.74, 6) is 0.118. The lowest BCUT2D eigenvalue weighted by Gasteiger charge is -2.43. The van der Waals surface area contributed by atoms with E-state index in [1.54, 1.807) is 30.3 Å². The molecule has 3 fully saturated rings. The Balaban J connectivity index is 1.13. The maximum absolute atomic E-state index is 12.8. The number of ether oxygens (including phenoxy) is 2.